The van der Waals surface area contributed by atoms with Gasteiger partial charge in [0.05, 0.1) is 6.42 Å². The molecule has 1 aromatic rings. The highest BCUT2D eigenvalue weighted by atomic mass is 19.1. The van der Waals surface area contributed by atoms with Gasteiger partial charge >= 0.3 is 5.97 Å². The molecular formula is C11H10F2O3. The first-order chi connectivity index (χ1) is 7.33. The zero-order chi connectivity index (χ0) is 12.1. The number of hydrogen-bond donors (Lipinski definition) is 1. The fourth-order valence-electron chi connectivity index (χ4n) is 1.91. The van der Waals surface area contributed by atoms with Crippen molar-refractivity contribution < 1.29 is 23.4 Å². The van der Waals surface area contributed by atoms with Gasteiger partial charge in [-0.05, 0) is 0 Å². The first-order valence-corrected chi connectivity index (χ1v) is 4.75. The zero-order valence-electron chi connectivity index (χ0n) is 8.80. The molecule has 3 nitrogen and oxygen atoms in total. The fraction of sp³-hybridized carbons (Fsp3) is 0.364. The molecule has 0 spiro atoms. The van der Waals surface area contributed by atoms with E-state index in [-0.39, 0.29) is 17.7 Å². The van der Waals surface area contributed by atoms with Gasteiger partial charge in [0, 0.05) is 17.0 Å². The van der Waals surface area contributed by atoms with E-state index in [4.69, 9.17) is 9.84 Å². The number of rotatable bonds is 0. The number of halogens is 2. The van der Waals surface area contributed by atoms with Gasteiger partial charge in [-0.3, -0.25) is 4.79 Å². The van der Waals surface area contributed by atoms with Gasteiger partial charge in [-0.25, -0.2) is 8.78 Å². The lowest BCUT2D eigenvalue weighted by molar-refractivity contribution is -0.137. The zero-order valence-corrected chi connectivity index (χ0v) is 8.80. The van der Waals surface area contributed by atoms with Crippen molar-refractivity contribution in [2.24, 2.45) is 0 Å². The summed E-state index contributed by atoms with van der Waals surface area (Å²) in [6, 6.07) is 0.826. The van der Waals surface area contributed by atoms with Crippen LogP contribution in [0.5, 0.6) is 11.5 Å². The molecule has 5 heteroatoms. The highest BCUT2D eigenvalue weighted by molar-refractivity contribution is 5.78. The lowest BCUT2D eigenvalue weighted by atomic mass is 9.79. The normalized spacial score (nSPS) is 17.9. The predicted octanol–water partition coefficient (Wildman–Crippen LogP) is 2.26. The van der Waals surface area contributed by atoms with Crippen LogP contribution in [0, 0.1) is 11.6 Å². The maximum absolute atomic E-state index is 13.7. The SMILES string of the molecule is CC1(C)CC(=O)Oc2cc(F)c(O)c(F)c21. The molecule has 1 heterocycles. The number of phenols is 1. The van der Waals surface area contributed by atoms with E-state index in [1.807, 2.05) is 0 Å². The van der Waals surface area contributed by atoms with Crippen molar-refractivity contribution in [2.75, 3.05) is 0 Å². The van der Waals surface area contributed by atoms with E-state index in [1.165, 1.54) is 0 Å². The van der Waals surface area contributed by atoms with Crippen molar-refractivity contribution in [3.8, 4) is 11.5 Å². The van der Waals surface area contributed by atoms with Crippen LogP contribution in [0.3, 0.4) is 0 Å². The predicted molar refractivity (Wildman–Crippen MR) is 51.3 cm³/mol. The summed E-state index contributed by atoms with van der Waals surface area (Å²) < 4.78 is 31.5. The number of fused-ring (bicyclic) bond motifs is 1. The summed E-state index contributed by atoms with van der Waals surface area (Å²) in [5.74, 6) is -3.94. The van der Waals surface area contributed by atoms with Gasteiger partial charge < -0.3 is 9.84 Å². The third-order valence-electron chi connectivity index (χ3n) is 2.64. The lowest BCUT2D eigenvalue weighted by Gasteiger charge is -2.31. The smallest absolute Gasteiger partial charge is 0.312 e. The molecule has 0 atom stereocenters. The monoisotopic (exact) mass is 228 g/mol. The first-order valence-electron chi connectivity index (χ1n) is 4.75. The van der Waals surface area contributed by atoms with Crippen molar-refractivity contribution in [3.05, 3.63) is 23.3 Å². The maximum Gasteiger partial charge on any atom is 0.312 e. The van der Waals surface area contributed by atoms with Gasteiger partial charge in [-0.2, -0.15) is 0 Å². The Kier molecular flexibility index (Phi) is 2.15. The minimum Gasteiger partial charge on any atom is -0.503 e. The molecule has 86 valence electrons. The molecule has 0 amide bonds. The van der Waals surface area contributed by atoms with E-state index in [2.05, 4.69) is 0 Å². The topological polar surface area (TPSA) is 46.5 Å². The summed E-state index contributed by atoms with van der Waals surface area (Å²) in [7, 11) is 0. The number of aromatic hydroxyl groups is 1. The van der Waals surface area contributed by atoms with Crippen LogP contribution in [0.1, 0.15) is 25.8 Å². The second-order valence-electron chi connectivity index (χ2n) is 4.43. The molecule has 0 saturated carbocycles. The molecule has 0 saturated heterocycles. The van der Waals surface area contributed by atoms with Crippen LogP contribution in [0.4, 0.5) is 8.78 Å². The Morgan fingerprint density at radius 1 is 1.44 bits per heavy atom. The lowest BCUT2D eigenvalue weighted by Crippen LogP contribution is -2.32. The van der Waals surface area contributed by atoms with Gasteiger partial charge in [0.2, 0.25) is 0 Å². The Labute approximate surface area is 90.7 Å². The van der Waals surface area contributed by atoms with Crippen LogP contribution in [-0.4, -0.2) is 11.1 Å². The van der Waals surface area contributed by atoms with E-state index in [1.54, 1.807) is 13.8 Å². The number of carbonyl (C=O) groups is 1. The first kappa shape index (κ1) is 10.9. The number of hydrogen-bond acceptors (Lipinski definition) is 3. The Hall–Kier alpha value is -1.65. The van der Waals surface area contributed by atoms with Crippen LogP contribution in [-0.2, 0) is 10.2 Å². The average molecular weight is 228 g/mol. The molecule has 0 radical (unpaired) electrons. The third-order valence-corrected chi connectivity index (χ3v) is 2.64. The fourth-order valence-corrected chi connectivity index (χ4v) is 1.91. The van der Waals surface area contributed by atoms with Crippen molar-refractivity contribution in [2.45, 2.75) is 25.7 Å². The Bertz CT molecular complexity index is 481. The summed E-state index contributed by atoms with van der Waals surface area (Å²) in [6.07, 6.45) is -0.0119. The molecule has 0 aromatic heterocycles. The molecule has 0 unspecified atom stereocenters. The average Bonchev–Trinajstić information content (AvgIpc) is 2.11. The van der Waals surface area contributed by atoms with E-state index >= 15 is 0 Å². The van der Waals surface area contributed by atoms with E-state index in [0.29, 0.717) is 0 Å². The van der Waals surface area contributed by atoms with Gasteiger partial charge in [-0.15, -0.1) is 0 Å². The molecule has 1 N–H and O–H groups in total. The summed E-state index contributed by atoms with van der Waals surface area (Å²) in [6.45, 7) is 3.26. The second-order valence-corrected chi connectivity index (χ2v) is 4.43. The number of benzene rings is 1. The quantitative estimate of drug-likeness (QED) is 0.547. The number of phenolic OH excluding ortho intramolecular Hbond substituents is 1. The molecule has 1 aliphatic heterocycles. The minimum atomic E-state index is -1.14. The highest BCUT2D eigenvalue weighted by Crippen LogP contribution is 2.43. The van der Waals surface area contributed by atoms with E-state index in [9.17, 15) is 13.6 Å². The molecule has 2 rings (SSSR count). The number of carbonyl (C=O) groups excluding carboxylic acids is 1. The molecule has 1 aliphatic rings. The second kappa shape index (κ2) is 3.17. The Morgan fingerprint density at radius 3 is 2.69 bits per heavy atom. The standard InChI is InChI=1S/C11H10F2O3/c1-11(2)4-7(14)16-6-3-5(12)10(15)9(13)8(6)11/h3,15H,4H2,1-2H3. The molecule has 0 fully saturated rings. The summed E-state index contributed by atoms with van der Waals surface area (Å²) >= 11 is 0. The van der Waals surface area contributed by atoms with Gasteiger partial charge in [0.15, 0.2) is 17.4 Å². The summed E-state index contributed by atoms with van der Waals surface area (Å²) in [5.41, 5.74) is -0.786. The summed E-state index contributed by atoms with van der Waals surface area (Å²) in [4.78, 5) is 11.2. The minimum absolute atomic E-state index is 0.0119. The Morgan fingerprint density at radius 2 is 2.06 bits per heavy atom. The Balaban J connectivity index is 2.74. The van der Waals surface area contributed by atoms with Crippen LogP contribution in [0.25, 0.3) is 0 Å². The maximum atomic E-state index is 13.7. The molecular weight excluding hydrogens is 218 g/mol. The van der Waals surface area contributed by atoms with Crippen LogP contribution in [0.15, 0.2) is 6.07 Å². The van der Waals surface area contributed by atoms with Crippen molar-refractivity contribution in [3.63, 3.8) is 0 Å². The van der Waals surface area contributed by atoms with Crippen molar-refractivity contribution in [1.29, 1.82) is 0 Å². The number of ether oxygens (including phenoxy) is 1. The molecule has 0 aliphatic carbocycles. The highest BCUT2D eigenvalue weighted by Gasteiger charge is 2.38. The molecule has 0 bridgehead atoms. The van der Waals surface area contributed by atoms with E-state index < -0.39 is 28.8 Å². The molecule has 16 heavy (non-hydrogen) atoms. The summed E-state index contributed by atoms with van der Waals surface area (Å²) in [5, 5.41) is 9.17. The van der Waals surface area contributed by atoms with Gasteiger partial charge in [0.25, 0.3) is 0 Å². The third kappa shape index (κ3) is 1.43. The largest absolute Gasteiger partial charge is 0.503 e. The van der Waals surface area contributed by atoms with Crippen LogP contribution < -0.4 is 4.74 Å². The van der Waals surface area contributed by atoms with Crippen molar-refractivity contribution in [1.82, 2.24) is 0 Å². The number of esters is 1. The van der Waals surface area contributed by atoms with Crippen LogP contribution in [0.2, 0.25) is 0 Å². The van der Waals surface area contributed by atoms with Gasteiger partial charge in [0.1, 0.15) is 5.75 Å². The van der Waals surface area contributed by atoms with E-state index in [0.717, 1.165) is 6.07 Å². The van der Waals surface area contributed by atoms with Gasteiger partial charge in [-0.1, -0.05) is 13.8 Å². The van der Waals surface area contributed by atoms with Crippen molar-refractivity contribution >= 4 is 5.97 Å². The van der Waals surface area contributed by atoms with Crippen LogP contribution >= 0.6 is 0 Å². The molecule has 1 aromatic carbocycles.